The summed E-state index contributed by atoms with van der Waals surface area (Å²) in [6, 6.07) is 4.78. The van der Waals surface area contributed by atoms with Crippen molar-refractivity contribution < 1.29 is 22.7 Å². The molecule has 0 radical (unpaired) electrons. The van der Waals surface area contributed by atoms with Crippen molar-refractivity contribution in [1.82, 2.24) is 34.2 Å². The van der Waals surface area contributed by atoms with Crippen molar-refractivity contribution in [2.45, 2.75) is 70.9 Å². The molecule has 1 fully saturated rings. The molecule has 0 unspecified atom stereocenters. The van der Waals surface area contributed by atoms with E-state index < -0.39 is 29.2 Å². The molecule has 0 bridgehead atoms. The predicted molar refractivity (Wildman–Crippen MR) is 156 cm³/mol. The van der Waals surface area contributed by atoms with Gasteiger partial charge in [-0.2, -0.15) is 18.3 Å². The van der Waals surface area contributed by atoms with Crippen molar-refractivity contribution >= 4 is 21.8 Å². The average Bonchev–Trinajstić information content (AvgIpc) is 3.29. The lowest BCUT2D eigenvalue weighted by Gasteiger charge is -2.34. The Labute approximate surface area is 258 Å². The van der Waals surface area contributed by atoms with E-state index in [1.807, 2.05) is 6.07 Å². The zero-order chi connectivity index (χ0) is 31.5. The molecule has 2 aliphatic rings. The number of amides is 1. The summed E-state index contributed by atoms with van der Waals surface area (Å²) >= 11 is 2.92. The molecular formula is C29H28BrF3N8O3. The topological polar surface area (TPSA) is 134 Å². The van der Waals surface area contributed by atoms with E-state index in [1.54, 1.807) is 20.8 Å². The Morgan fingerprint density at radius 3 is 2.45 bits per heavy atom. The number of aryl methyl sites for hydroxylation is 2. The van der Waals surface area contributed by atoms with Gasteiger partial charge in [-0.25, -0.2) is 24.2 Å². The highest BCUT2D eigenvalue weighted by molar-refractivity contribution is 9.10. The van der Waals surface area contributed by atoms with Gasteiger partial charge >= 0.3 is 6.18 Å². The van der Waals surface area contributed by atoms with Gasteiger partial charge in [0.05, 0.1) is 35.9 Å². The lowest BCUT2D eigenvalue weighted by molar-refractivity contribution is -0.138. The first-order valence-corrected chi connectivity index (χ1v) is 14.7. The number of fused-ring (bicyclic) bond motifs is 1. The van der Waals surface area contributed by atoms with Crippen LogP contribution in [0.25, 0.3) is 11.9 Å². The Bertz CT molecular complexity index is 1820. The Morgan fingerprint density at radius 2 is 1.84 bits per heavy atom. The number of aromatic nitrogens is 6. The lowest BCUT2D eigenvalue weighted by atomic mass is 9.90. The molecule has 15 heteroatoms. The van der Waals surface area contributed by atoms with E-state index in [2.05, 4.69) is 31.0 Å². The number of nitrogens with two attached hydrogens (primary N) is 1. The average molecular weight is 673 g/mol. The van der Waals surface area contributed by atoms with Gasteiger partial charge in [0.2, 0.25) is 11.9 Å². The molecule has 6 rings (SSSR count). The highest BCUT2D eigenvalue weighted by Gasteiger charge is 2.36. The minimum atomic E-state index is -4.65. The summed E-state index contributed by atoms with van der Waals surface area (Å²) < 4.78 is 49.1. The smallest absolute Gasteiger partial charge is 0.417 e. The fraction of sp³-hybridized carbons (Fsp3) is 0.379. The number of rotatable bonds is 5. The first kappa shape index (κ1) is 29.9. The van der Waals surface area contributed by atoms with Gasteiger partial charge in [0.25, 0.3) is 11.5 Å². The van der Waals surface area contributed by atoms with Crippen molar-refractivity contribution in [3.63, 3.8) is 0 Å². The highest BCUT2D eigenvalue weighted by Crippen LogP contribution is 2.36. The van der Waals surface area contributed by atoms with Crippen molar-refractivity contribution in [2.75, 3.05) is 0 Å². The second-order valence-corrected chi connectivity index (χ2v) is 12.0. The molecule has 44 heavy (non-hydrogen) atoms. The molecule has 0 spiro atoms. The van der Waals surface area contributed by atoms with Gasteiger partial charge in [-0.15, -0.1) is 0 Å². The minimum absolute atomic E-state index is 0.0116. The molecule has 1 saturated carbocycles. The van der Waals surface area contributed by atoms with Gasteiger partial charge < -0.3 is 15.4 Å². The van der Waals surface area contributed by atoms with Crippen molar-refractivity contribution in [3.8, 4) is 17.6 Å². The third-order valence-corrected chi connectivity index (χ3v) is 8.51. The molecule has 4 heterocycles. The fourth-order valence-corrected chi connectivity index (χ4v) is 5.97. The Kier molecular flexibility index (Phi) is 7.56. The number of ether oxygens (including phenoxy) is 1. The summed E-state index contributed by atoms with van der Waals surface area (Å²) in [5.41, 5.74) is 6.38. The van der Waals surface area contributed by atoms with Crippen LogP contribution in [-0.4, -0.2) is 58.3 Å². The molecule has 1 atom stereocenters. The molecule has 230 valence electrons. The maximum atomic E-state index is 14.1. The number of nitrogens with zero attached hydrogens (tertiary/aromatic N) is 7. The maximum Gasteiger partial charge on any atom is 0.417 e. The minimum Gasteiger partial charge on any atom is -0.487 e. The second-order valence-electron chi connectivity index (χ2n) is 11.2. The number of hydrogen-bond donors (Lipinski definition) is 1. The van der Waals surface area contributed by atoms with E-state index in [4.69, 9.17) is 15.5 Å². The van der Waals surface area contributed by atoms with Gasteiger partial charge in [-0.05, 0) is 64.3 Å². The van der Waals surface area contributed by atoms with Crippen LogP contribution in [0.15, 0.2) is 45.9 Å². The number of benzene rings is 1. The Morgan fingerprint density at radius 1 is 1.14 bits per heavy atom. The van der Waals surface area contributed by atoms with Crippen LogP contribution >= 0.6 is 15.9 Å². The summed E-state index contributed by atoms with van der Waals surface area (Å²) in [6.45, 7) is 5.25. The summed E-state index contributed by atoms with van der Waals surface area (Å²) in [5, 5.41) is 4.51. The lowest BCUT2D eigenvalue weighted by Crippen LogP contribution is -2.46. The molecule has 1 aromatic carbocycles. The van der Waals surface area contributed by atoms with E-state index >= 15 is 0 Å². The van der Waals surface area contributed by atoms with Gasteiger partial charge in [0.1, 0.15) is 6.10 Å². The molecule has 1 amide bonds. The standard InChI is InChI=1S/C29H28BrF3N8O3/c1-14-6-16(3)41(38-14)28-37-24-13-39(25(42)17-4-5-23(30)22(8-17)29(31,32)33)15(2)7-21(24)26(43)40(28)27-35-11-20(12-36-27)44-19-9-18(34)10-19/h4-6,8,11-12,15,18-19H,7,9-10,13,34H2,1-3H3/t15-,18?,19?/m1/s1. The van der Waals surface area contributed by atoms with Crippen LogP contribution in [0.3, 0.4) is 0 Å². The highest BCUT2D eigenvalue weighted by atomic mass is 79.9. The molecule has 2 N–H and O–H groups in total. The fourth-order valence-electron chi connectivity index (χ4n) is 5.49. The number of alkyl halides is 3. The van der Waals surface area contributed by atoms with E-state index in [0.717, 1.165) is 18.9 Å². The number of carbonyl (C=O) groups is 1. The first-order valence-electron chi connectivity index (χ1n) is 13.9. The van der Waals surface area contributed by atoms with E-state index in [9.17, 15) is 22.8 Å². The molecule has 4 aromatic rings. The molecule has 1 aliphatic carbocycles. The zero-order valence-electron chi connectivity index (χ0n) is 24.0. The second kappa shape index (κ2) is 11.1. The van der Waals surface area contributed by atoms with Crippen LogP contribution in [0.1, 0.15) is 58.3 Å². The molecule has 11 nitrogen and oxygen atoms in total. The van der Waals surface area contributed by atoms with Crippen LogP contribution in [0.2, 0.25) is 0 Å². The van der Waals surface area contributed by atoms with Gasteiger partial charge in [0, 0.05) is 33.4 Å². The van der Waals surface area contributed by atoms with E-state index in [0.29, 0.717) is 28.4 Å². The van der Waals surface area contributed by atoms with Crippen LogP contribution in [0.5, 0.6) is 5.75 Å². The SMILES string of the molecule is Cc1cc(C)n(-c2nc3c(c(=O)n2-c2ncc(OC4CC(N)C4)cn2)C[C@@H](C)N(C(=O)c2ccc(Br)c(C(F)(F)F)c2)C3)n1. The summed E-state index contributed by atoms with van der Waals surface area (Å²) in [4.78, 5) is 42.6. The van der Waals surface area contributed by atoms with Gasteiger partial charge in [-0.1, -0.05) is 15.9 Å². The van der Waals surface area contributed by atoms with Crippen LogP contribution < -0.4 is 16.0 Å². The molecular weight excluding hydrogens is 645 g/mol. The number of halogens is 4. The van der Waals surface area contributed by atoms with Crippen LogP contribution in [0.4, 0.5) is 13.2 Å². The summed E-state index contributed by atoms with van der Waals surface area (Å²) in [5.74, 6) is 0.0157. The normalized spacial score (nSPS) is 19.8. The largest absolute Gasteiger partial charge is 0.487 e. The number of hydrogen-bond acceptors (Lipinski definition) is 8. The third kappa shape index (κ3) is 5.49. The first-order chi connectivity index (χ1) is 20.8. The molecule has 0 saturated heterocycles. The summed E-state index contributed by atoms with van der Waals surface area (Å²) in [7, 11) is 0. The Hall–Kier alpha value is -4.11. The van der Waals surface area contributed by atoms with Crippen LogP contribution in [0, 0.1) is 13.8 Å². The van der Waals surface area contributed by atoms with Crippen molar-refractivity contribution in [1.29, 1.82) is 0 Å². The molecule has 1 aliphatic heterocycles. The third-order valence-electron chi connectivity index (χ3n) is 7.82. The van der Waals surface area contributed by atoms with Gasteiger partial charge in [0.15, 0.2) is 5.75 Å². The summed E-state index contributed by atoms with van der Waals surface area (Å²) in [6.07, 6.45) is -0.0902. The maximum absolute atomic E-state index is 14.1. The van der Waals surface area contributed by atoms with E-state index in [1.165, 1.54) is 38.7 Å². The van der Waals surface area contributed by atoms with Crippen molar-refractivity contribution in [3.05, 3.63) is 85.3 Å². The van der Waals surface area contributed by atoms with Gasteiger partial charge in [-0.3, -0.25) is 9.59 Å². The van der Waals surface area contributed by atoms with Crippen molar-refractivity contribution in [2.24, 2.45) is 5.73 Å². The zero-order valence-corrected chi connectivity index (χ0v) is 25.6. The predicted octanol–water partition coefficient (Wildman–Crippen LogP) is 4.06. The quantitative estimate of drug-likeness (QED) is 0.336. The van der Waals surface area contributed by atoms with E-state index in [-0.39, 0.29) is 47.0 Å². The Balaban J connectivity index is 1.39. The number of carbonyl (C=O) groups excluding carboxylic acids is 1. The monoisotopic (exact) mass is 672 g/mol. The van der Waals surface area contributed by atoms with Crippen LogP contribution in [-0.2, 0) is 19.1 Å². The molecule has 3 aromatic heterocycles.